The summed E-state index contributed by atoms with van der Waals surface area (Å²) < 4.78 is 0. The van der Waals surface area contributed by atoms with Crippen molar-refractivity contribution in [1.29, 1.82) is 0 Å². The molecule has 0 spiro atoms. The van der Waals surface area contributed by atoms with Crippen LogP contribution in [0.4, 0.5) is 0 Å². The van der Waals surface area contributed by atoms with Crippen LogP contribution in [0.15, 0.2) is 11.1 Å². The van der Waals surface area contributed by atoms with Gasteiger partial charge in [-0.2, -0.15) is 0 Å². The third-order valence-electron chi connectivity index (χ3n) is 4.17. The first kappa shape index (κ1) is 8.34. The minimum absolute atomic E-state index is 0.998. The molecule has 0 nitrogen and oxygen atoms in total. The number of fused-ring (bicyclic) bond motifs is 1. The molecule has 1 fully saturated rings. The molecule has 0 aromatic rings. The van der Waals surface area contributed by atoms with Crippen LogP contribution in [0.25, 0.3) is 0 Å². The summed E-state index contributed by atoms with van der Waals surface area (Å²) in [7, 11) is 0. The fourth-order valence-electron chi connectivity index (χ4n) is 3.09. The minimum atomic E-state index is 0.998. The first-order chi connectivity index (χ1) is 5.68. The van der Waals surface area contributed by atoms with Gasteiger partial charge in [-0.1, -0.05) is 24.5 Å². The van der Waals surface area contributed by atoms with Crippen LogP contribution in [0.5, 0.6) is 0 Å². The molecule has 3 atom stereocenters. The highest BCUT2D eigenvalue weighted by Crippen LogP contribution is 2.47. The molecule has 0 aromatic heterocycles. The van der Waals surface area contributed by atoms with Crippen molar-refractivity contribution in [2.75, 3.05) is 0 Å². The molecule has 3 unspecified atom stereocenters. The summed E-state index contributed by atoms with van der Waals surface area (Å²) in [6.45, 7) is 7.10. The largest absolute Gasteiger partial charge is 0.0741 e. The zero-order valence-corrected chi connectivity index (χ0v) is 8.56. The van der Waals surface area contributed by atoms with E-state index in [-0.39, 0.29) is 0 Å². The zero-order chi connectivity index (χ0) is 8.72. The fourth-order valence-corrected chi connectivity index (χ4v) is 3.09. The van der Waals surface area contributed by atoms with Gasteiger partial charge in [-0.25, -0.2) is 0 Å². The van der Waals surface area contributed by atoms with Crippen molar-refractivity contribution in [3.05, 3.63) is 11.1 Å². The average Bonchev–Trinajstić information content (AvgIpc) is 2.35. The van der Waals surface area contributed by atoms with Crippen LogP contribution >= 0.6 is 0 Å². The quantitative estimate of drug-likeness (QED) is 0.478. The monoisotopic (exact) mass is 164 g/mol. The lowest BCUT2D eigenvalue weighted by atomic mass is 9.76. The maximum Gasteiger partial charge on any atom is -0.0287 e. The Bertz CT molecular complexity index is 212. The van der Waals surface area contributed by atoms with Gasteiger partial charge in [0.05, 0.1) is 0 Å². The summed E-state index contributed by atoms with van der Waals surface area (Å²) in [6, 6.07) is 0. The maximum absolute atomic E-state index is 2.44. The van der Waals surface area contributed by atoms with Crippen molar-refractivity contribution >= 4 is 0 Å². The molecule has 0 radical (unpaired) electrons. The van der Waals surface area contributed by atoms with Crippen LogP contribution in [-0.2, 0) is 0 Å². The van der Waals surface area contributed by atoms with Gasteiger partial charge >= 0.3 is 0 Å². The lowest BCUT2D eigenvalue weighted by molar-refractivity contribution is 0.304. The molecule has 12 heavy (non-hydrogen) atoms. The second kappa shape index (κ2) is 2.90. The lowest BCUT2D eigenvalue weighted by Gasteiger charge is -2.29. The molecule has 1 saturated carbocycles. The van der Waals surface area contributed by atoms with Gasteiger partial charge in [0.2, 0.25) is 0 Å². The van der Waals surface area contributed by atoms with E-state index in [0.29, 0.717) is 0 Å². The molecule has 2 aliphatic carbocycles. The Balaban J connectivity index is 2.16. The Morgan fingerprint density at radius 1 is 1.00 bits per heavy atom. The van der Waals surface area contributed by atoms with Crippen LogP contribution in [0.2, 0.25) is 0 Å². The van der Waals surface area contributed by atoms with Gasteiger partial charge < -0.3 is 0 Å². The van der Waals surface area contributed by atoms with Crippen LogP contribution in [0, 0.1) is 17.8 Å². The van der Waals surface area contributed by atoms with E-state index < -0.39 is 0 Å². The molecule has 0 heteroatoms. The van der Waals surface area contributed by atoms with E-state index in [2.05, 4.69) is 20.8 Å². The van der Waals surface area contributed by atoms with E-state index >= 15 is 0 Å². The fraction of sp³-hybridized carbons (Fsp3) is 0.833. The van der Waals surface area contributed by atoms with E-state index in [1.165, 1.54) is 25.7 Å². The van der Waals surface area contributed by atoms with Gasteiger partial charge in [-0.3, -0.25) is 0 Å². The molecule has 0 aliphatic heterocycles. The van der Waals surface area contributed by atoms with E-state index in [4.69, 9.17) is 0 Å². The third-order valence-corrected chi connectivity index (χ3v) is 4.17. The Kier molecular flexibility index (Phi) is 2.02. The van der Waals surface area contributed by atoms with Crippen LogP contribution in [-0.4, -0.2) is 0 Å². The molecule has 68 valence electrons. The number of allylic oxidation sites excluding steroid dienone is 2. The third kappa shape index (κ3) is 1.22. The maximum atomic E-state index is 2.44. The summed E-state index contributed by atoms with van der Waals surface area (Å²) >= 11 is 0. The zero-order valence-electron chi connectivity index (χ0n) is 8.56. The van der Waals surface area contributed by atoms with E-state index in [9.17, 15) is 0 Å². The van der Waals surface area contributed by atoms with Crippen molar-refractivity contribution in [2.24, 2.45) is 17.8 Å². The summed E-state index contributed by atoms with van der Waals surface area (Å²) in [5.74, 6) is 3.08. The molecule has 0 saturated heterocycles. The highest BCUT2D eigenvalue weighted by atomic mass is 14.4. The molecular weight excluding hydrogens is 144 g/mol. The summed E-state index contributed by atoms with van der Waals surface area (Å²) in [5.41, 5.74) is 3.37. The molecule has 0 heterocycles. The van der Waals surface area contributed by atoms with E-state index in [1.54, 1.807) is 11.1 Å². The molecule has 0 amide bonds. The van der Waals surface area contributed by atoms with Gasteiger partial charge in [0, 0.05) is 0 Å². The Labute approximate surface area is 76.1 Å². The van der Waals surface area contributed by atoms with Crippen LogP contribution < -0.4 is 0 Å². The van der Waals surface area contributed by atoms with Gasteiger partial charge in [0.1, 0.15) is 0 Å². The average molecular weight is 164 g/mol. The lowest BCUT2D eigenvalue weighted by Crippen LogP contribution is -2.18. The molecular formula is C12H20. The predicted octanol–water partition coefficient (Wildman–Crippen LogP) is 3.78. The van der Waals surface area contributed by atoms with Crippen molar-refractivity contribution in [3.8, 4) is 0 Å². The molecule has 2 aliphatic rings. The van der Waals surface area contributed by atoms with Crippen molar-refractivity contribution in [2.45, 2.75) is 46.5 Å². The second-order valence-electron chi connectivity index (χ2n) is 4.95. The Morgan fingerprint density at radius 2 is 1.67 bits per heavy atom. The minimum Gasteiger partial charge on any atom is -0.0741 e. The molecule has 2 rings (SSSR count). The normalized spacial score (nSPS) is 41.8. The Hall–Kier alpha value is -0.260. The standard InChI is InChI=1S/C12H20/c1-8-4-5-11-6-9(2)10(3)7-12(8)11/h8,11-12H,4-7H2,1-3H3. The number of hydrogen-bond acceptors (Lipinski definition) is 0. The first-order valence-corrected chi connectivity index (χ1v) is 5.33. The number of hydrogen-bond donors (Lipinski definition) is 0. The summed E-state index contributed by atoms with van der Waals surface area (Å²) in [6.07, 6.45) is 5.78. The van der Waals surface area contributed by atoms with Crippen molar-refractivity contribution in [3.63, 3.8) is 0 Å². The van der Waals surface area contributed by atoms with Crippen LogP contribution in [0.3, 0.4) is 0 Å². The SMILES string of the molecule is CC1=C(C)CC2C(C)CCC2C1. The Morgan fingerprint density at radius 3 is 2.42 bits per heavy atom. The highest BCUT2D eigenvalue weighted by Gasteiger charge is 2.35. The molecule has 0 N–H and O–H groups in total. The summed E-state index contributed by atoms with van der Waals surface area (Å²) in [5, 5.41) is 0. The van der Waals surface area contributed by atoms with Gasteiger partial charge in [0.25, 0.3) is 0 Å². The van der Waals surface area contributed by atoms with E-state index in [1.807, 2.05) is 0 Å². The summed E-state index contributed by atoms with van der Waals surface area (Å²) in [4.78, 5) is 0. The van der Waals surface area contributed by atoms with Gasteiger partial charge in [-0.05, 0) is 50.9 Å². The topological polar surface area (TPSA) is 0 Å². The molecule has 0 bridgehead atoms. The smallest absolute Gasteiger partial charge is 0.0287 e. The van der Waals surface area contributed by atoms with E-state index in [0.717, 1.165) is 17.8 Å². The van der Waals surface area contributed by atoms with Crippen molar-refractivity contribution < 1.29 is 0 Å². The van der Waals surface area contributed by atoms with Crippen LogP contribution in [0.1, 0.15) is 46.5 Å². The van der Waals surface area contributed by atoms with Gasteiger partial charge in [-0.15, -0.1) is 0 Å². The highest BCUT2D eigenvalue weighted by molar-refractivity contribution is 5.16. The van der Waals surface area contributed by atoms with Crippen molar-refractivity contribution in [1.82, 2.24) is 0 Å². The molecule has 0 aromatic carbocycles. The first-order valence-electron chi connectivity index (χ1n) is 5.33. The predicted molar refractivity (Wildman–Crippen MR) is 53.0 cm³/mol. The van der Waals surface area contributed by atoms with Gasteiger partial charge in [0.15, 0.2) is 0 Å². The second-order valence-corrected chi connectivity index (χ2v) is 4.95. The number of rotatable bonds is 0.